The number of hydrogen-bond acceptors (Lipinski definition) is 6. The van der Waals surface area contributed by atoms with E-state index in [4.69, 9.17) is 9.47 Å². The number of ether oxygens (including phenoxy) is 2. The monoisotopic (exact) mass is 384 g/mol. The second-order valence-corrected chi connectivity index (χ2v) is 7.35. The van der Waals surface area contributed by atoms with Crippen molar-refractivity contribution in [2.75, 3.05) is 21.3 Å². The van der Waals surface area contributed by atoms with Crippen LogP contribution in [0, 0.1) is 15.9 Å². The Morgan fingerprint density at radius 1 is 1.15 bits per heavy atom. The van der Waals surface area contributed by atoms with Gasteiger partial charge in [-0.25, -0.2) is 8.42 Å². The number of benzene rings is 2. The highest BCUT2D eigenvalue weighted by Crippen LogP contribution is 2.28. The van der Waals surface area contributed by atoms with Crippen LogP contribution in [0.1, 0.15) is 5.56 Å². The zero-order chi connectivity index (χ0) is 19.5. The number of nitro benzene ring substituents is 1. The molecule has 140 valence electrons. The van der Waals surface area contributed by atoms with Crippen LogP contribution in [-0.4, -0.2) is 38.9 Å². The summed E-state index contributed by atoms with van der Waals surface area (Å²) in [6.45, 7) is -0.0549. The predicted molar refractivity (Wildman–Crippen MR) is 91.3 cm³/mol. The van der Waals surface area contributed by atoms with Crippen LogP contribution in [0.3, 0.4) is 0 Å². The smallest absolute Gasteiger partial charge is 0.306 e. The standard InChI is InChI=1S/C16H17FN2O6S/c1-18(10-11-4-5-12(24-2)8-16(11)25-3)26(22,23)13-6-7-14(17)15(9-13)19(20)21/h4-9H,10H2,1-3H3. The van der Waals surface area contributed by atoms with E-state index in [-0.39, 0.29) is 11.4 Å². The van der Waals surface area contributed by atoms with Gasteiger partial charge in [-0.05, 0) is 18.2 Å². The molecule has 0 saturated carbocycles. The van der Waals surface area contributed by atoms with E-state index in [1.165, 1.54) is 21.3 Å². The van der Waals surface area contributed by atoms with Gasteiger partial charge in [-0.2, -0.15) is 8.70 Å². The lowest BCUT2D eigenvalue weighted by atomic mass is 10.2. The van der Waals surface area contributed by atoms with E-state index in [1.807, 2.05) is 0 Å². The SMILES string of the molecule is COc1ccc(CN(C)S(=O)(=O)c2ccc(F)c([N+](=O)[O-])c2)c(OC)c1. The summed E-state index contributed by atoms with van der Waals surface area (Å²) in [5.41, 5.74) is -0.336. The minimum absolute atomic E-state index is 0.0549. The van der Waals surface area contributed by atoms with Gasteiger partial charge in [0.15, 0.2) is 0 Å². The molecule has 0 aliphatic heterocycles. The van der Waals surface area contributed by atoms with Crippen LogP contribution in [0.2, 0.25) is 0 Å². The molecule has 0 N–H and O–H groups in total. The number of nitro groups is 1. The predicted octanol–water partition coefficient (Wildman–Crippen LogP) is 2.57. The lowest BCUT2D eigenvalue weighted by Crippen LogP contribution is -2.26. The van der Waals surface area contributed by atoms with E-state index in [0.717, 1.165) is 16.4 Å². The van der Waals surface area contributed by atoms with Crippen molar-refractivity contribution >= 4 is 15.7 Å². The maximum Gasteiger partial charge on any atom is 0.306 e. The van der Waals surface area contributed by atoms with E-state index >= 15 is 0 Å². The molecule has 0 aliphatic carbocycles. The third-order valence-corrected chi connectivity index (χ3v) is 5.51. The van der Waals surface area contributed by atoms with Crippen LogP contribution in [-0.2, 0) is 16.6 Å². The van der Waals surface area contributed by atoms with Crippen molar-refractivity contribution in [3.05, 3.63) is 57.9 Å². The Balaban J connectivity index is 2.36. The first-order valence-electron chi connectivity index (χ1n) is 7.32. The molecule has 0 spiro atoms. The fourth-order valence-electron chi connectivity index (χ4n) is 2.28. The summed E-state index contributed by atoms with van der Waals surface area (Å²) in [7, 11) is 0.172. The van der Waals surface area contributed by atoms with Crippen LogP contribution in [0.4, 0.5) is 10.1 Å². The van der Waals surface area contributed by atoms with Crippen LogP contribution >= 0.6 is 0 Å². The van der Waals surface area contributed by atoms with Crippen LogP contribution < -0.4 is 9.47 Å². The molecule has 0 amide bonds. The zero-order valence-electron chi connectivity index (χ0n) is 14.3. The van der Waals surface area contributed by atoms with Gasteiger partial charge in [0.1, 0.15) is 11.5 Å². The Hall–Kier alpha value is -2.72. The van der Waals surface area contributed by atoms with Crippen LogP contribution in [0.25, 0.3) is 0 Å². The first kappa shape index (κ1) is 19.6. The molecule has 2 aromatic carbocycles. The molecule has 8 nitrogen and oxygen atoms in total. The van der Waals surface area contributed by atoms with Crippen molar-refractivity contribution in [2.24, 2.45) is 0 Å². The van der Waals surface area contributed by atoms with Crippen LogP contribution in [0.5, 0.6) is 11.5 Å². The van der Waals surface area contributed by atoms with Crippen molar-refractivity contribution < 1.29 is 27.2 Å². The highest BCUT2D eigenvalue weighted by molar-refractivity contribution is 7.89. The zero-order valence-corrected chi connectivity index (χ0v) is 15.1. The van der Waals surface area contributed by atoms with E-state index in [1.54, 1.807) is 18.2 Å². The normalized spacial score (nSPS) is 11.4. The third-order valence-electron chi connectivity index (χ3n) is 3.71. The minimum Gasteiger partial charge on any atom is -0.497 e. The molecule has 0 heterocycles. The Labute approximate surface area is 150 Å². The van der Waals surface area contributed by atoms with Gasteiger partial charge in [0, 0.05) is 31.3 Å². The van der Waals surface area contributed by atoms with Gasteiger partial charge < -0.3 is 9.47 Å². The molecule has 10 heteroatoms. The maximum absolute atomic E-state index is 13.4. The van der Waals surface area contributed by atoms with E-state index in [9.17, 15) is 22.9 Å². The van der Waals surface area contributed by atoms with Crippen molar-refractivity contribution in [2.45, 2.75) is 11.4 Å². The van der Waals surface area contributed by atoms with E-state index < -0.39 is 26.5 Å². The lowest BCUT2D eigenvalue weighted by molar-refractivity contribution is -0.387. The second-order valence-electron chi connectivity index (χ2n) is 5.31. The summed E-state index contributed by atoms with van der Waals surface area (Å²) in [5.74, 6) is -0.129. The average molecular weight is 384 g/mol. The summed E-state index contributed by atoms with van der Waals surface area (Å²) < 4.78 is 50.1. The molecule has 0 atom stereocenters. The minimum atomic E-state index is -4.08. The largest absolute Gasteiger partial charge is 0.497 e. The molecule has 0 radical (unpaired) electrons. The molecule has 26 heavy (non-hydrogen) atoms. The maximum atomic E-state index is 13.4. The summed E-state index contributed by atoms with van der Waals surface area (Å²) in [4.78, 5) is 9.49. The van der Waals surface area contributed by atoms with Gasteiger partial charge in [-0.1, -0.05) is 6.07 Å². The highest BCUT2D eigenvalue weighted by atomic mass is 32.2. The molecule has 2 rings (SSSR count). The first-order valence-corrected chi connectivity index (χ1v) is 8.76. The Morgan fingerprint density at radius 3 is 2.42 bits per heavy atom. The molecule has 0 bridgehead atoms. The Kier molecular flexibility index (Phi) is 5.78. The van der Waals surface area contributed by atoms with Gasteiger partial charge >= 0.3 is 5.69 Å². The number of halogens is 1. The summed E-state index contributed by atoms with van der Waals surface area (Å²) in [5, 5.41) is 10.8. The van der Waals surface area contributed by atoms with Crippen molar-refractivity contribution in [3.63, 3.8) is 0 Å². The lowest BCUT2D eigenvalue weighted by Gasteiger charge is -2.19. The van der Waals surface area contributed by atoms with Crippen molar-refractivity contribution in [1.29, 1.82) is 0 Å². The summed E-state index contributed by atoms with van der Waals surface area (Å²) in [6, 6.07) is 7.36. The molecule has 0 unspecified atom stereocenters. The molecule has 0 aliphatic rings. The number of methoxy groups -OCH3 is 2. The third kappa shape index (κ3) is 3.92. The van der Waals surface area contributed by atoms with Gasteiger partial charge in [0.25, 0.3) is 0 Å². The number of hydrogen-bond donors (Lipinski definition) is 0. The first-order chi connectivity index (χ1) is 12.2. The number of nitrogens with zero attached hydrogens (tertiary/aromatic N) is 2. The Bertz CT molecular complexity index is 932. The van der Waals surface area contributed by atoms with Crippen LogP contribution in [0.15, 0.2) is 41.3 Å². The highest BCUT2D eigenvalue weighted by Gasteiger charge is 2.26. The average Bonchev–Trinajstić information content (AvgIpc) is 2.61. The van der Waals surface area contributed by atoms with Gasteiger partial charge in [0.2, 0.25) is 15.8 Å². The van der Waals surface area contributed by atoms with Gasteiger partial charge in [-0.15, -0.1) is 0 Å². The summed E-state index contributed by atoms with van der Waals surface area (Å²) in [6.07, 6.45) is 0. The molecule has 0 aromatic heterocycles. The topological polar surface area (TPSA) is 99.0 Å². The number of rotatable bonds is 7. The second kappa shape index (κ2) is 7.67. The van der Waals surface area contributed by atoms with Gasteiger partial charge in [0.05, 0.1) is 24.0 Å². The van der Waals surface area contributed by atoms with Gasteiger partial charge in [-0.3, -0.25) is 10.1 Å². The fourth-order valence-corrected chi connectivity index (χ4v) is 3.45. The Morgan fingerprint density at radius 2 is 1.85 bits per heavy atom. The number of sulfonamides is 1. The van der Waals surface area contributed by atoms with E-state index in [2.05, 4.69) is 0 Å². The van der Waals surface area contributed by atoms with Crippen molar-refractivity contribution in [1.82, 2.24) is 4.31 Å². The van der Waals surface area contributed by atoms with E-state index in [0.29, 0.717) is 23.1 Å². The molecule has 2 aromatic rings. The molecular weight excluding hydrogens is 367 g/mol. The van der Waals surface area contributed by atoms with Crippen molar-refractivity contribution in [3.8, 4) is 11.5 Å². The molecule has 0 saturated heterocycles. The fraction of sp³-hybridized carbons (Fsp3) is 0.250. The molecular formula is C16H17FN2O6S. The quantitative estimate of drug-likeness (QED) is 0.537. The summed E-state index contributed by atoms with van der Waals surface area (Å²) >= 11 is 0. The molecule has 0 fully saturated rings.